The first-order valence-electron chi connectivity index (χ1n) is 5.60. The highest BCUT2D eigenvalue weighted by Crippen LogP contribution is 2.30. The average Bonchev–Trinajstić information content (AvgIpc) is 2.98. The lowest BCUT2D eigenvalue weighted by molar-refractivity contribution is 0.850. The zero-order chi connectivity index (χ0) is 9.97. The van der Waals surface area contributed by atoms with Gasteiger partial charge in [-0.2, -0.15) is 0 Å². The summed E-state index contributed by atoms with van der Waals surface area (Å²) in [6, 6.07) is 8.65. The molecule has 1 aliphatic carbocycles. The molecule has 0 aliphatic heterocycles. The van der Waals surface area contributed by atoms with Crippen LogP contribution in [0.5, 0.6) is 0 Å². The predicted octanol–water partition coefficient (Wildman–Crippen LogP) is 3.63. The molecule has 0 aromatic heterocycles. The second kappa shape index (κ2) is 4.04. The second-order valence-corrected chi connectivity index (χ2v) is 4.57. The Morgan fingerprint density at radius 1 is 1.29 bits per heavy atom. The van der Waals surface area contributed by atoms with Crippen LogP contribution in [0.1, 0.15) is 38.2 Å². The molecule has 0 radical (unpaired) electrons. The SMILES string of the molecule is CC(C)c1ccccc1NCC1CC1. The molecule has 0 bridgehead atoms. The Kier molecular flexibility index (Phi) is 2.76. The van der Waals surface area contributed by atoms with Crippen molar-refractivity contribution in [1.82, 2.24) is 0 Å². The van der Waals surface area contributed by atoms with Crippen molar-refractivity contribution in [3.05, 3.63) is 29.8 Å². The molecule has 0 spiro atoms. The van der Waals surface area contributed by atoms with Gasteiger partial charge in [0.2, 0.25) is 0 Å². The van der Waals surface area contributed by atoms with Gasteiger partial charge in [0.25, 0.3) is 0 Å². The number of hydrogen-bond donors (Lipinski definition) is 1. The maximum Gasteiger partial charge on any atom is 0.0375 e. The molecule has 1 saturated carbocycles. The number of benzene rings is 1. The fraction of sp³-hybridized carbons (Fsp3) is 0.538. The summed E-state index contributed by atoms with van der Waals surface area (Å²) >= 11 is 0. The first-order valence-corrected chi connectivity index (χ1v) is 5.60. The van der Waals surface area contributed by atoms with E-state index in [1.54, 1.807) is 0 Å². The summed E-state index contributed by atoms with van der Waals surface area (Å²) in [5, 5.41) is 3.56. The van der Waals surface area contributed by atoms with E-state index in [2.05, 4.69) is 43.4 Å². The van der Waals surface area contributed by atoms with Crippen LogP contribution >= 0.6 is 0 Å². The molecule has 1 heteroatoms. The van der Waals surface area contributed by atoms with Crippen molar-refractivity contribution in [2.75, 3.05) is 11.9 Å². The molecule has 1 aliphatic rings. The van der Waals surface area contributed by atoms with Gasteiger partial charge in [0.05, 0.1) is 0 Å². The van der Waals surface area contributed by atoms with Crippen LogP contribution in [0.2, 0.25) is 0 Å². The van der Waals surface area contributed by atoms with E-state index in [0.29, 0.717) is 5.92 Å². The van der Waals surface area contributed by atoms with E-state index in [0.717, 1.165) is 12.5 Å². The number of anilines is 1. The summed E-state index contributed by atoms with van der Waals surface area (Å²) < 4.78 is 0. The van der Waals surface area contributed by atoms with Crippen molar-refractivity contribution in [3.63, 3.8) is 0 Å². The van der Waals surface area contributed by atoms with Crippen LogP contribution in [-0.4, -0.2) is 6.54 Å². The molecule has 0 unspecified atom stereocenters. The topological polar surface area (TPSA) is 12.0 Å². The van der Waals surface area contributed by atoms with Crippen molar-refractivity contribution < 1.29 is 0 Å². The zero-order valence-electron chi connectivity index (χ0n) is 9.09. The van der Waals surface area contributed by atoms with Gasteiger partial charge in [0.15, 0.2) is 0 Å². The highest BCUT2D eigenvalue weighted by molar-refractivity contribution is 5.52. The Morgan fingerprint density at radius 3 is 2.64 bits per heavy atom. The molecular weight excluding hydrogens is 170 g/mol. The molecule has 0 atom stereocenters. The Balaban J connectivity index is 2.05. The number of nitrogens with one attached hydrogen (secondary N) is 1. The van der Waals surface area contributed by atoms with Crippen LogP contribution in [0, 0.1) is 5.92 Å². The summed E-state index contributed by atoms with van der Waals surface area (Å²) in [4.78, 5) is 0. The molecule has 1 aromatic rings. The average molecular weight is 189 g/mol. The van der Waals surface area contributed by atoms with Crippen LogP contribution < -0.4 is 5.32 Å². The van der Waals surface area contributed by atoms with Gasteiger partial charge >= 0.3 is 0 Å². The van der Waals surface area contributed by atoms with E-state index in [4.69, 9.17) is 0 Å². The van der Waals surface area contributed by atoms with E-state index < -0.39 is 0 Å². The monoisotopic (exact) mass is 189 g/mol. The number of hydrogen-bond acceptors (Lipinski definition) is 1. The lowest BCUT2D eigenvalue weighted by atomic mass is 10.0. The van der Waals surface area contributed by atoms with Gasteiger partial charge in [0.1, 0.15) is 0 Å². The van der Waals surface area contributed by atoms with Crippen molar-refractivity contribution in [3.8, 4) is 0 Å². The van der Waals surface area contributed by atoms with Crippen molar-refractivity contribution in [2.45, 2.75) is 32.6 Å². The molecular formula is C13H19N. The fourth-order valence-electron chi connectivity index (χ4n) is 1.74. The Labute approximate surface area is 86.5 Å². The summed E-state index contributed by atoms with van der Waals surface area (Å²) in [5.41, 5.74) is 2.77. The summed E-state index contributed by atoms with van der Waals surface area (Å²) in [6.07, 6.45) is 2.83. The lowest BCUT2D eigenvalue weighted by Gasteiger charge is -2.14. The Bertz CT molecular complexity index is 300. The van der Waals surface area contributed by atoms with Gasteiger partial charge in [-0.15, -0.1) is 0 Å². The molecule has 1 N–H and O–H groups in total. The minimum atomic E-state index is 0.609. The van der Waals surface area contributed by atoms with E-state index in [9.17, 15) is 0 Å². The Hall–Kier alpha value is -0.980. The third kappa shape index (κ3) is 2.28. The van der Waals surface area contributed by atoms with Crippen LogP contribution in [0.3, 0.4) is 0 Å². The van der Waals surface area contributed by atoms with Crippen molar-refractivity contribution in [1.29, 1.82) is 0 Å². The first-order chi connectivity index (χ1) is 6.77. The standard InChI is InChI=1S/C13H19N/c1-10(2)12-5-3-4-6-13(12)14-9-11-7-8-11/h3-6,10-11,14H,7-9H2,1-2H3. The molecule has 0 saturated heterocycles. The van der Waals surface area contributed by atoms with Crippen molar-refractivity contribution >= 4 is 5.69 Å². The van der Waals surface area contributed by atoms with Gasteiger partial charge in [-0.25, -0.2) is 0 Å². The summed E-state index contributed by atoms with van der Waals surface area (Å²) in [6.45, 7) is 5.65. The Morgan fingerprint density at radius 2 is 2.00 bits per heavy atom. The van der Waals surface area contributed by atoms with Gasteiger partial charge in [-0.1, -0.05) is 32.0 Å². The number of rotatable bonds is 4. The van der Waals surface area contributed by atoms with E-state index in [1.165, 1.54) is 24.1 Å². The van der Waals surface area contributed by atoms with Gasteiger partial charge in [-0.3, -0.25) is 0 Å². The van der Waals surface area contributed by atoms with Gasteiger partial charge in [0, 0.05) is 12.2 Å². The second-order valence-electron chi connectivity index (χ2n) is 4.57. The van der Waals surface area contributed by atoms with E-state index >= 15 is 0 Å². The van der Waals surface area contributed by atoms with Gasteiger partial charge in [-0.05, 0) is 36.3 Å². The van der Waals surface area contributed by atoms with E-state index in [1.807, 2.05) is 0 Å². The maximum absolute atomic E-state index is 3.56. The highest BCUT2D eigenvalue weighted by Gasteiger charge is 2.20. The largest absolute Gasteiger partial charge is 0.385 e. The minimum Gasteiger partial charge on any atom is -0.385 e. The highest BCUT2D eigenvalue weighted by atomic mass is 14.9. The van der Waals surface area contributed by atoms with E-state index in [-0.39, 0.29) is 0 Å². The summed E-state index contributed by atoms with van der Waals surface area (Å²) in [7, 11) is 0. The predicted molar refractivity (Wildman–Crippen MR) is 61.7 cm³/mol. The maximum atomic E-state index is 3.56. The number of para-hydroxylation sites is 1. The minimum absolute atomic E-state index is 0.609. The molecule has 1 fully saturated rings. The third-order valence-electron chi connectivity index (χ3n) is 2.86. The normalized spacial score (nSPS) is 15.9. The van der Waals surface area contributed by atoms with Crippen LogP contribution in [0.15, 0.2) is 24.3 Å². The molecule has 0 heterocycles. The molecule has 2 rings (SSSR count). The lowest BCUT2D eigenvalue weighted by Crippen LogP contribution is -2.06. The quantitative estimate of drug-likeness (QED) is 0.762. The first kappa shape index (κ1) is 9.57. The molecule has 76 valence electrons. The van der Waals surface area contributed by atoms with Gasteiger partial charge < -0.3 is 5.32 Å². The molecule has 0 amide bonds. The fourth-order valence-corrected chi connectivity index (χ4v) is 1.74. The van der Waals surface area contributed by atoms with Crippen LogP contribution in [0.25, 0.3) is 0 Å². The van der Waals surface area contributed by atoms with Crippen LogP contribution in [-0.2, 0) is 0 Å². The molecule has 1 aromatic carbocycles. The molecule has 14 heavy (non-hydrogen) atoms. The zero-order valence-corrected chi connectivity index (χ0v) is 9.09. The third-order valence-corrected chi connectivity index (χ3v) is 2.86. The van der Waals surface area contributed by atoms with Crippen molar-refractivity contribution in [2.24, 2.45) is 5.92 Å². The smallest absolute Gasteiger partial charge is 0.0375 e. The van der Waals surface area contributed by atoms with Crippen LogP contribution in [0.4, 0.5) is 5.69 Å². The molecule has 1 nitrogen and oxygen atoms in total. The summed E-state index contributed by atoms with van der Waals surface area (Å²) in [5.74, 6) is 1.55.